The molecule has 2 rings (SSSR count). The Balaban J connectivity index is 2.34. The summed E-state index contributed by atoms with van der Waals surface area (Å²) in [6.07, 6.45) is 0.420. The van der Waals surface area contributed by atoms with Crippen LogP contribution in [-0.2, 0) is 4.79 Å². The van der Waals surface area contributed by atoms with E-state index in [1.165, 1.54) is 0 Å². The quantitative estimate of drug-likeness (QED) is 0.821. The monoisotopic (exact) mass is 252 g/mol. The predicted molar refractivity (Wildman–Crippen MR) is 76.1 cm³/mol. The lowest BCUT2D eigenvalue weighted by atomic mass is 9.86. The Hall–Kier alpha value is -2.35. The summed E-state index contributed by atoms with van der Waals surface area (Å²) >= 11 is 0. The van der Waals surface area contributed by atoms with Gasteiger partial charge in [-0.15, -0.1) is 0 Å². The van der Waals surface area contributed by atoms with Crippen molar-refractivity contribution in [2.45, 2.75) is 12.3 Å². The van der Waals surface area contributed by atoms with E-state index in [1.807, 2.05) is 60.7 Å². The maximum atomic E-state index is 11.0. The molecule has 1 N–H and O–H groups in total. The van der Waals surface area contributed by atoms with E-state index in [9.17, 15) is 4.79 Å². The molecule has 0 aliphatic rings. The number of carboxylic acid groups (broad SMARTS) is 1. The molecule has 0 aliphatic carbocycles. The Bertz CT molecular complexity index is 519. The maximum absolute atomic E-state index is 11.0. The van der Waals surface area contributed by atoms with Crippen molar-refractivity contribution in [3.8, 4) is 0 Å². The molecule has 0 radical (unpaired) electrons. The fraction of sp³-hybridized carbons (Fsp3) is 0.118. The number of benzene rings is 2. The first-order chi connectivity index (χ1) is 9.18. The highest BCUT2D eigenvalue weighted by Crippen LogP contribution is 2.30. The third-order valence-electron chi connectivity index (χ3n) is 3.16. The fourth-order valence-corrected chi connectivity index (χ4v) is 2.13. The van der Waals surface area contributed by atoms with Crippen LogP contribution in [-0.4, -0.2) is 11.1 Å². The summed E-state index contributed by atoms with van der Waals surface area (Å²) in [4.78, 5) is 11.0. The third-order valence-corrected chi connectivity index (χ3v) is 3.16. The summed E-state index contributed by atoms with van der Waals surface area (Å²) in [7, 11) is 0. The second kappa shape index (κ2) is 6.01. The van der Waals surface area contributed by atoms with E-state index in [4.69, 9.17) is 5.11 Å². The molecule has 2 heteroatoms. The van der Waals surface area contributed by atoms with Gasteiger partial charge in [0, 0.05) is 11.5 Å². The number of hydrogen-bond acceptors (Lipinski definition) is 1. The van der Waals surface area contributed by atoms with Crippen LogP contribution in [0.15, 0.2) is 72.8 Å². The van der Waals surface area contributed by atoms with Gasteiger partial charge in [0.05, 0.1) is 0 Å². The Morgan fingerprint density at radius 2 is 1.37 bits per heavy atom. The minimum absolute atomic E-state index is 0.0333. The number of carbonyl (C=O) groups is 1. The first-order valence-electron chi connectivity index (χ1n) is 6.19. The second-order valence-electron chi connectivity index (χ2n) is 4.49. The van der Waals surface area contributed by atoms with E-state index in [-0.39, 0.29) is 11.5 Å². The van der Waals surface area contributed by atoms with Gasteiger partial charge in [-0.05, 0) is 17.5 Å². The number of aliphatic carboxylic acids is 1. The van der Waals surface area contributed by atoms with Crippen molar-refractivity contribution >= 4 is 5.97 Å². The van der Waals surface area contributed by atoms with Crippen molar-refractivity contribution < 1.29 is 9.90 Å². The molecule has 0 aliphatic heterocycles. The molecule has 19 heavy (non-hydrogen) atoms. The van der Waals surface area contributed by atoms with Gasteiger partial charge in [0.25, 0.3) is 0 Å². The van der Waals surface area contributed by atoms with Gasteiger partial charge in [-0.1, -0.05) is 67.2 Å². The zero-order valence-corrected chi connectivity index (χ0v) is 10.6. The molecule has 2 aromatic rings. The Morgan fingerprint density at radius 3 is 1.74 bits per heavy atom. The Kier molecular flexibility index (Phi) is 4.14. The van der Waals surface area contributed by atoms with Gasteiger partial charge in [-0.25, -0.2) is 4.79 Å². The molecule has 0 atom stereocenters. The summed E-state index contributed by atoms with van der Waals surface area (Å²) in [5, 5.41) is 9.03. The van der Waals surface area contributed by atoms with Crippen molar-refractivity contribution in [3.63, 3.8) is 0 Å². The van der Waals surface area contributed by atoms with Gasteiger partial charge < -0.3 is 5.11 Å². The van der Waals surface area contributed by atoms with Crippen LogP contribution in [0.1, 0.15) is 23.5 Å². The van der Waals surface area contributed by atoms with E-state index in [1.54, 1.807) is 0 Å². The summed E-state index contributed by atoms with van der Waals surface area (Å²) in [5.41, 5.74) is 2.45. The molecule has 0 unspecified atom stereocenters. The largest absolute Gasteiger partial charge is 0.478 e. The molecule has 0 saturated carbocycles. The van der Waals surface area contributed by atoms with E-state index in [0.29, 0.717) is 6.42 Å². The smallest absolute Gasteiger partial charge is 0.330 e. The first kappa shape index (κ1) is 13.1. The third kappa shape index (κ3) is 3.32. The van der Waals surface area contributed by atoms with Crippen molar-refractivity contribution in [2.75, 3.05) is 0 Å². The molecule has 0 amide bonds. The topological polar surface area (TPSA) is 37.3 Å². The molecule has 0 spiro atoms. The van der Waals surface area contributed by atoms with Gasteiger partial charge in [0.2, 0.25) is 0 Å². The number of carboxylic acids is 1. The summed E-state index contributed by atoms with van der Waals surface area (Å²) in [6, 6.07) is 19.9. The van der Waals surface area contributed by atoms with Crippen LogP contribution in [0.25, 0.3) is 0 Å². The molecule has 2 aromatic carbocycles. The van der Waals surface area contributed by atoms with Gasteiger partial charge >= 0.3 is 5.97 Å². The highest BCUT2D eigenvalue weighted by molar-refractivity contribution is 5.86. The van der Waals surface area contributed by atoms with Crippen molar-refractivity contribution in [1.29, 1.82) is 0 Å². The van der Waals surface area contributed by atoms with E-state index in [0.717, 1.165) is 11.1 Å². The standard InChI is InChI=1S/C17H16O2/c1-13(17(18)19)12-16(14-8-4-2-5-9-14)15-10-6-3-7-11-15/h2-11,16H,1,12H2,(H,18,19). The van der Waals surface area contributed by atoms with Crippen molar-refractivity contribution in [3.05, 3.63) is 83.9 Å². The lowest BCUT2D eigenvalue weighted by Crippen LogP contribution is -2.07. The number of hydrogen-bond donors (Lipinski definition) is 1. The van der Waals surface area contributed by atoms with E-state index < -0.39 is 5.97 Å². The molecular formula is C17H16O2. The molecule has 0 fully saturated rings. The van der Waals surface area contributed by atoms with Crippen LogP contribution < -0.4 is 0 Å². The highest BCUT2D eigenvalue weighted by Gasteiger charge is 2.17. The fourth-order valence-electron chi connectivity index (χ4n) is 2.13. The normalized spacial score (nSPS) is 10.4. The minimum atomic E-state index is -0.933. The van der Waals surface area contributed by atoms with Gasteiger partial charge in [0.15, 0.2) is 0 Å². The predicted octanol–water partition coefficient (Wildman–Crippen LogP) is 3.85. The van der Waals surface area contributed by atoms with Crippen LogP contribution in [0.5, 0.6) is 0 Å². The van der Waals surface area contributed by atoms with Crippen LogP contribution >= 0.6 is 0 Å². The summed E-state index contributed by atoms with van der Waals surface area (Å²) < 4.78 is 0. The molecule has 0 heterocycles. The zero-order chi connectivity index (χ0) is 13.7. The highest BCUT2D eigenvalue weighted by atomic mass is 16.4. The lowest BCUT2D eigenvalue weighted by Gasteiger charge is -2.18. The van der Waals surface area contributed by atoms with Gasteiger partial charge in [-0.2, -0.15) is 0 Å². The van der Waals surface area contributed by atoms with E-state index >= 15 is 0 Å². The second-order valence-corrected chi connectivity index (χ2v) is 4.49. The Labute approximate surface area is 113 Å². The zero-order valence-electron chi connectivity index (χ0n) is 10.6. The Morgan fingerprint density at radius 1 is 0.947 bits per heavy atom. The lowest BCUT2D eigenvalue weighted by molar-refractivity contribution is -0.132. The van der Waals surface area contributed by atoms with Crippen LogP contribution in [0.2, 0.25) is 0 Å². The SMILES string of the molecule is C=C(CC(c1ccccc1)c1ccccc1)C(=O)O. The molecule has 0 saturated heterocycles. The molecule has 2 nitrogen and oxygen atoms in total. The first-order valence-corrected chi connectivity index (χ1v) is 6.19. The summed E-state index contributed by atoms with van der Waals surface area (Å²) in [5.74, 6) is -0.900. The summed E-state index contributed by atoms with van der Waals surface area (Å²) in [6.45, 7) is 3.65. The maximum Gasteiger partial charge on any atom is 0.330 e. The minimum Gasteiger partial charge on any atom is -0.478 e. The van der Waals surface area contributed by atoms with Crippen LogP contribution in [0.4, 0.5) is 0 Å². The van der Waals surface area contributed by atoms with Crippen LogP contribution in [0, 0.1) is 0 Å². The molecule has 0 bridgehead atoms. The average Bonchev–Trinajstić information content (AvgIpc) is 2.46. The van der Waals surface area contributed by atoms with Crippen molar-refractivity contribution in [2.24, 2.45) is 0 Å². The molecule has 0 aromatic heterocycles. The molecular weight excluding hydrogens is 236 g/mol. The van der Waals surface area contributed by atoms with Crippen LogP contribution in [0.3, 0.4) is 0 Å². The van der Waals surface area contributed by atoms with Crippen molar-refractivity contribution in [1.82, 2.24) is 0 Å². The van der Waals surface area contributed by atoms with Gasteiger partial charge in [-0.3, -0.25) is 0 Å². The van der Waals surface area contributed by atoms with E-state index in [2.05, 4.69) is 6.58 Å². The molecule has 96 valence electrons. The van der Waals surface area contributed by atoms with Gasteiger partial charge in [0.1, 0.15) is 0 Å². The number of rotatable bonds is 5. The average molecular weight is 252 g/mol.